The quantitative estimate of drug-likeness (QED) is 0.163. The minimum absolute atomic E-state index is 0.585. The van der Waals surface area contributed by atoms with Crippen molar-refractivity contribution in [1.82, 2.24) is 24.9 Å². The second kappa shape index (κ2) is 13.8. The summed E-state index contributed by atoms with van der Waals surface area (Å²) in [6.07, 6.45) is 0. The van der Waals surface area contributed by atoms with Crippen molar-refractivity contribution in [3.8, 4) is 56.7 Å². The van der Waals surface area contributed by atoms with Gasteiger partial charge in [-0.3, -0.25) is 0 Å². The molecule has 278 valence electrons. The zero-order chi connectivity index (χ0) is 39.6. The number of hydrogen-bond acceptors (Lipinski definition) is 5. The Morgan fingerprint density at radius 2 is 0.717 bits per heavy atom. The molecule has 0 spiro atoms. The standard InChI is InChI=1S/C55H33N5/c1-2-13-37(14-3-1)51-50-47(28-24-38-26-29-48(56-52(38)50)42-21-18-34-10-4-7-15-39(34)30-42)46-27-25-45(33-49(46)57-51)55-59-53(43-22-19-35-11-5-8-16-40(35)31-43)58-54(60-55)44-23-20-36-12-6-9-17-41(36)32-44/h1-33H. The molecule has 0 radical (unpaired) electrons. The van der Waals surface area contributed by atoms with Crippen LogP contribution >= 0.6 is 0 Å². The zero-order valence-corrected chi connectivity index (χ0v) is 32.3. The van der Waals surface area contributed by atoms with Gasteiger partial charge in [0.25, 0.3) is 0 Å². The van der Waals surface area contributed by atoms with Gasteiger partial charge in [0.2, 0.25) is 0 Å². The number of hydrogen-bond donors (Lipinski definition) is 0. The molecule has 0 N–H and O–H groups in total. The van der Waals surface area contributed by atoms with E-state index >= 15 is 0 Å². The molecule has 5 heteroatoms. The molecule has 0 atom stereocenters. The Labute approximate surface area is 345 Å². The summed E-state index contributed by atoms with van der Waals surface area (Å²) in [5, 5.41) is 11.2. The molecule has 12 rings (SSSR count). The Morgan fingerprint density at radius 3 is 1.32 bits per heavy atom. The van der Waals surface area contributed by atoms with Gasteiger partial charge in [-0.05, 0) is 68.0 Å². The molecule has 0 amide bonds. The molecule has 0 aliphatic carbocycles. The van der Waals surface area contributed by atoms with Crippen LogP contribution < -0.4 is 0 Å². The summed E-state index contributed by atoms with van der Waals surface area (Å²) < 4.78 is 0. The largest absolute Gasteiger partial charge is 0.247 e. The molecule has 9 aromatic carbocycles. The summed E-state index contributed by atoms with van der Waals surface area (Å²) in [6.45, 7) is 0. The van der Waals surface area contributed by atoms with E-state index in [0.717, 1.165) is 82.6 Å². The molecule has 5 nitrogen and oxygen atoms in total. The predicted molar refractivity (Wildman–Crippen MR) is 248 cm³/mol. The van der Waals surface area contributed by atoms with Crippen LogP contribution in [0.1, 0.15) is 0 Å². The van der Waals surface area contributed by atoms with Gasteiger partial charge in [0, 0.05) is 44.0 Å². The van der Waals surface area contributed by atoms with Crippen molar-refractivity contribution < 1.29 is 0 Å². The Kier molecular flexibility index (Phi) is 7.78. The van der Waals surface area contributed by atoms with Crippen LogP contribution in [0.25, 0.3) is 122 Å². The van der Waals surface area contributed by atoms with E-state index in [2.05, 4.69) is 194 Å². The average molecular weight is 764 g/mol. The highest BCUT2D eigenvalue weighted by molar-refractivity contribution is 6.20. The lowest BCUT2D eigenvalue weighted by Gasteiger charge is -2.14. The van der Waals surface area contributed by atoms with Crippen molar-refractivity contribution in [2.75, 3.05) is 0 Å². The second-order valence-electron chi connectivity index (χ2n) is 15.3. The van der Waals surface area contributed by atoms with Gasteiger partial charge in [-0.15, -0.1) is 0 Å². The van der Waals surface area contributed by atoms with E-state index < -0.39 is 0 Å². The third-order valence-electron chi connectivity index (χ3n) is 11.6. The van der Waals surface area contributed by atoms with E-state index in [1.54, 1.807) is 0 Å². The maximum Gasteiger partial charge on any atom is 0.164 e. The SMILES string of the molecule is c1ccc(-c2nc3cc(-c4nc(-c5ccc6ccccc6c5)nc(-c5ccc6ccccc6c5)n4)ccc3c3ccc4ccc(-c5ccc6ccccc6c5)nc4c23)cc1. The van der Waals surface area contributed by atoms with E-state index in [1.165, 1.54) is 21.5 Å². The van der Waals surface area contributed by atoms with Gasteiger partial charge in [-0.1, -0.05) is 170 Å². The Balaban J connectivity index is 1.06. The van der Waals surface area contributed by atoms with E-state index in [9.17, 15) is 0 Å². The Hall–Kier alpha value is -8.15. The van der Waals surface area contributed by atoms with Crippen LogP contribution in [0.4, 0.5) is 0 Å². The summed E-state index contributed by atoms with van der Waals surface area (Å²) in [5.74, 6) is 1.82. The van der Waals surface area contributed by atoms with E-state index in [4.69, 9.17) is 24.9 Å². The molecule has 60 heavy (non-hydrogen) atoms. The van der Waals surface area contributed by atoms with Gasteiger partial charge in [0.15, 0.2) is 17.5 Å². The highest BCUT2D eigenvalue weighted by Crippen LogP contribution is 2.39. The van der Waals surface area contributed by atoms with Crippen molar-refractivity contribution in [3.05, 3.63) is 200 Å². The number of pyridine rings is 2. The minimum atomic E-state index is 0.585. The number of benzene rings is 9. The first-order chi connectivity index (χ1) is 29.7. The van der Waals surface area contributed by atoms with Crippen LogP contribution in [0, 0.1) is 0 Å². The van der Waals surface area contributed by atoms with Gasteiger partial charge >= 0.3 is 0 Å². The lowest BCUT2D eigenvalue weighted by molar-refractivity contribution is 1.08. The van der Waals surface area contributed by atoms with Crippen LogP contribution in [0.3, 0.4) is 0 Å². The maximum absolute atomic E-state index is 5.47. The summed E-state index contributed by atoms with van der Waals surface area (Å²) in [5.41, 5.74) is 8.40. The molecular weight excluding hydrogens is 731 g/mol. The predicted octanol–water partition coefficient (Wildman–Crippen LogP) is 13.9. The average Bonchev–Trinajstić information content (AvgIpc) is 3.32. The number of fused-ring (bicyclic) bond motifs is 8. The van der Waals surface area contributed by atoms with Gasteiger partial charge in [0.1, 0.15) is 0 Å². The fourth-order valence-corrected chi connectivity index (χ4v) is 8.55. The summed E-state index contributed by atoms with van der Waals surface area (Å²) in [6, 6.07) is 70.0. The summed E-state index contributed by atoms with van der Waals surface area (Å²) in [7, 11) is 0. The first-order valence-corrected chi connectivity index (χ1v) is 20.2. The van der Waals surface area contributed by atoms with Crippen LogP contribution in [0.5, 0.6) is 0 Å². The molecular formula is C55H33N5. The third kappa shape index (κ3) is 5.83. The topological polar surface area (TPSA) is 64.5 Å². The Bertz CT molecular complexity index is 3570. The first kappa shape index (κ1) is 33.9. The molecule has 3 aromatic heterocycles. The van der Waals surface area contributed by atoms with Crippen molar-refractivity contribution in [2.45, 2.75) is 0 Å². The molecule has 0 saturated heterocycles. The summed E-state index contributed by atoms with van der Waals surface area (Å²) in [4.78, 5) is 26.3. The Morgan fingerprint density at radius 1 is 0.267 bits per heavy atom. The normalized spacial score (nSPS) is 11.7. The number of rotatable bonds is 5. The fraction of sp³-hybridized carbons (Fsp3) is 0. The fourth-order valence-electron chi connectivity index (χ4n) is 8.55. The molecule has 0 fully saturated rings. The minimum Gasteiger partial charge on any atom is -0.247 e. The van der Waals surface area contributed by atoms with Gasteiger partial charge in [-0.25, -0.2) is 24.9 Å². The van der Waals surface area contributed by atoms with Crippen molar-refractivity contribution in [1.29, 1.82) is 0 Å². The molecule has 12 aromatic rings. The lowest BCUT2D eigenvalue weighted by atomic mass is 9.96. The van der Waals surface area contributed by atoms with Gasteiger partial charge in [0.05, 0.1) is 22.4 Å². The lowest BCUT2D eigenvalue weighted by Crippen LogP contribution is -2.00. The van der Waals surface area contributed by atoms with Crippen LogP contribution in [0.2, 0.25) is 0 Å². The second-order valence-corrected chi connectivity index (χ2v) is 15.3. The highest BCUT2D eigenvalue weighted by atomic mass is 15.0. The monoisotopic (exact) mass is 763 g/mol. The van der Waals surface area contributed by atoms with E-state index in [0.29, 0.717) is 17.5 Å². The number of aromatic nitrogens is 5. The van der Waals surface area contributed by atoms with Gasteiger partial charge < -0.3 is 0 Å². The first-order valence-electron chi connectivity index (χ1n) is 20.2. The molecule has 3 heterocycles. The van der Waals surface area contributed by atoms with E-state index in [-0.39, 0.29) is 0 Å². The smallest absolute Gasteiger partial charge is 0.164 e. The highest BCUT2D eigenvalue weighted by Gasteiger charge is 2.18. The van der Waals surface area contributed by atoms with Crippen molar-refractivity contribution in [2.24, 2.45) is 0 Å². The van der Waals surface area contributed by atoms with E-state index in [1.807, 2.05) is 6.07 Å². The van der Waals surface area contributed by atoms with Crippen LogP contribution in [-0.4, -0.2) is 24.9 Å². The molecule has 0 saturated carbocycles. The number of nitrogens with zero attached hydrogens (tertiary/aromatic N) is 5. The van der Waals surface area contributed by atoms with Gasteiger partial charge in [-0.2, -0.15) is 0 Å². The maximum atomic E-state index is 5.47. The third-order valence-corrected chi connectivity index (χ3v) is 11.6. The molecule has 0 bridgehead atoms. The zero-order valence-electron chi connectivity index (χ0n) is 32.3. The van der Waals surface area contributed by atoms with Crippen molar-refractivity contribution in [3.63, 3.8) is 0 Å². The van der Waals surface area contributed by atoms with Crippen molar-refractivity contribution >= 4 is 64.9 Å². The van der Waals surface area contributed by atoms with Crippen LogP contribution in [-0.2, 0) is 0 Å². The molecule has 0 unspecified atom stereocenters. The molecule has 0 aliphatic rings. The summed E-state index contributed by atoms with van der Waals surface area (Å²) >= 11 is 0. The molecule has 0 aliphatic heterocycles. The van der Waals surface area contributed by atoms with Crippen LogP contribution in [0.15, 0.2) is 200 Å².